The summed E-state index contributed by atoms with van der Waals surface area (Å²) in [6, 6.07) is 4.54. The highest BCUT2D eigenvalue weighted by Gasteiger charge is 2.21. The van der Waals surface area contributed by atoms with Crippen molar-refractivity contribution in [3.8, 4) is 0 Å². The lowest BCUT2D eigenvalue weighted by atomic mass is 9.84. The van der Waals surface area contributed by atoms with Crippen molar-refractivity contribution < 1.29 is 14.3 Å². The molecule has 0 saturated carbocycles. The molecule has 0 unspecified atom stereocenters. The highest BCUT2D eigenvalue weighted by molar-refractivity contribution is 6.30. The normalized spacial score (nSPS) is 11.5. The molecule has 0 heterocycles. The highest BCUT2D eigenvalue weighted by Crippen LogP contribution is 2.26. The minimum atomic E-state index is -0.905. The molecule has 0 radical (unpaired) electrons. The summed E-state index contributed by atoms with van der Waals surface area (Å²) in [5.74, 6) is -1.36. The molecule has 0 bridgehead atoms. The van der Waals surface area contributed by atoms with E-state index in [2.05, 4.69) is 5.32 Å². The average Bonchev–Trinajstić information content (AvgIpc) is 2.21. The van der Waals surface area contributed by atoms with E-state index in [1.165, 1.54) is 6.07 Å². The second-order valence-corrected chi connectivity index (χ2v) is 4.92. The first kappa shape index (κ1) is 13.9. The maximum atomic E-state index is 13.0. The van der Waals surface area contributed by atoms with Crippen molar-refractivity contribution in [2.75, 3.05) is 13.1 Å². The van der Waals surface area contributed by atoms with Crippen molar-refractivity contribution in [3.63, 3.8) is 0 Å². The quantitative estimate of drug-likeness (QED) is 0.854. The SMILES string of the molecule is CC(C)(CNCC(=O)O)c1ccc(F)c(Cl)c1. The smallest absolute Gasteiger partial charge is 0.317 e. The molecule has 1 aromatic carbocycles. The van der Waals surface area contributed by atoms with Crippen molar-refractivity contribution in [1.29, 1.82) is 0 Å². The van der Waals surface area contributed by atoms with E-state index in [4.69, 9.17) is 16.7 Å². The fourth-order valence-electron chi connectivity index (χ4n) is 1.50. The van der Waals surface area contributed by atoms with Crippen LogP contribution in [-0.2, 0) is 10.2 Å². The number of halogens is 2. The van der Waals surface area contributed by atoms with Gasteiger partial charge in [-0.1, -0.05) is 31.5 Å². The van der Waals surface area contributed by atoms with Gasteiger partial charge in [-0.2, -0.15) is 0 Å². The van der Waals surface area contributed by atoms with E-state index < -0.39 is 11.8 Å². The van der Waals surface area contributed by atoms with Crippen LogP contribution in [0.3, 0.4) is 0 Å². The van der Waals surface area contributed by atoms with Gasteiger partial charge in [0.05, 0.1) is 11.6 Å². The molecule has 0 atom stereocenters. The molecule has 0 aliphatic carbocycles. The Morgan fingerprint density at radius 3 is 2.71 bits per heavy atom. The van der Waals surface area contributed by atoms with Crippen LogP contribution in [0.15, 0.2) is 18.2 Å². The van der Waals surface area contributed by atoms with Crippen LogP contribution in [0.2, 0.25) is 5.02 Å². The van der Waals surface area contributed by atoms with Gasteiger partial charge < -0.3 is 10.4 Å². The number of nitrogens with one attached hydrogen (secondary N) is 1. The van der Waals surface area contributed by atoms with Crippen LogP contribution in [0.1, 0.15) is 19.4 Å². The molecule has 0 aliphatic heterocycles. The monoisotopic (exact) mass is 259 g/mol. The van der Waals surface area contributed by atoms with Crippen molar-refractivity contribution in [1.82, 2.24) is 5.32 Å². The first-order valence-electron chi connectivity index (χ1n) is 5.21. The molecule has 0 spiro atoms. The third-order valence-electron chi connectivity index (χ3n) is 2.54. The molecule has 0 amide bonds. The Kier molecular flexibility index (Phi) is 4.48. The summed E-state index contributed by atoms with van der Waals surface area (Å²) in [7, 11) is 0. The van der Waals surface area contributed by atoms with Crippen LogP contribution in [0, 0.1) is 5.82 Å². The maximum Gasteiger partial charge on any atom is 0.317 e. The maximum absolute atomic E-state index is 13.0. The lowest BCUT2D eigenvalue weighted by Gasteiger charge is -2.25. The van der Waals surface area contributed by atoms with E-state index in [9.17, 15) is 9.18 Å². The van der Waals surface area contributed by atoms with Gasteiger partial charge in [0.2, 0.25) is 0 Å². The minimum Gasteiger partial charge on any atom is -0.480 e. The fraction of sp³-hybridized carbons (Fsp3) is 0.417. The Morgan fingerprint density at radius 2 is 2.18 bits per heavy atom. The van der Waals surface area contributed by atoms with Crippen molar-refractivity contribution in [2.45, 2.75) is 19.3 Å². The van der Waals surface area contributed by atoms with Gasteiger partial charge in [0.1, 0.15) is 5.82 Å². The molecule has 0 aliphatic rings. The number of carbonyl (C=O) groups is 1. The fourth-order valence-corrected chi connectivity index (χ4v) is 1.68. The Balaban J connectivity index is 2.74. The van der Waals surface area contributed by atoms with E-state index >= 15 is 0 Å². The second-order valence-electron chi connectivity index (χ2n) is 4.51. The number of carboxylic acid groups (broad SMARTS) is 1. The number of hydrogen-bond acceptors (Lipinski definition) is 2. The largest absolute Gasteiger partial charge is 0.480 e. The predicted molar refractivity (Wildman–Crippen MR) is 64.9 cm³/mol. The molecule has 17 heavy (non-hydrogen) atoms. The highest BCUT2D eigenvalue weighted by atomic mass is 35.5. The van der Waals surface area contributed by atoms with Crippen LogP contribution in [0.4, 0.5) is 4.39 Å². The predicted octanol–water partition coefficient (Wildman–Crippen LogP) is 2.43. The minimum absolute atomic E-state index is 0.0776. The van der Waals surface area contributed by atoms with Gasteiger partial charge in [-0.25, -0.2) is 4.39 Å². The number of aliphatic carboxylic acids is 1. The van der Waals surface area contributed by atoms with Gasteiger partial charge in [-0.15, -0.1) is 0 Å². The Morgan fingerprint density at radius 1 is 1.53 bits per heavy atom. The van der Waals surface area contributed by atoms with Gasteiger partial charge in [-0.3, -0.25) is 4.79 Å². The van der Waals surface area contributed by atoms with Crippen LogP contribution < -0.4 is 5.32 Å². The zero-order chi connectivity index (χ0) is 13.1. The zero-order valence-electron chi connectivity index (χ0n) is 9.76. The third-order valence-corrected chi connectivity index (χ3v) is 2.83. The Labute approximate surface area is 105 Å². The molecule has 2 N–H and O–H groups in total. The number of carboxylic acids is 1. The Bertz CT molecular complexity index is 421. The van der Waals surface area contributed by atoms with Crippen LogP contribution in [0.25, 0.3) is 0 Å². The van der Waals surface area contributed by atoms with E-state index in [1.54, 1.807) is 12.1 Å². The van der Waals surface area contributed by atoms with E-state index in [0.717, 1.165) is 5.56 Å². The summed E-state index contributed by atoms with van der Waals surface area (Å²) in [4.78, 5) is 10.4. The first-order chi connectivity index (χ1) is 7.83. The van der Waals surface area contributed by atoms with E-state index in [0.29, 0.717) is 6.54 Å². The van der Waals surface area contributed by atoms with Gasteiger partial charge >= 0.3 is 5.97 Å². The molecule has 0 fully saturated rings. The van der Waals surface area contributed by atoms with E-state index in [-0.39, 0.29) is 17.0 Å². The topological polar surface area (TPSA) is 49.3 Å². The van der Waals surface area contributed by atoms with Crippen LogP contribution in [-0.4, -0.2) is 24.2 Å². The standard InChI is InChI=1S/C12H15ClFNO2/c1-12(2,7-15-6-11(16)17)8-3-4-10(14)9(13)5-8/h3-5,15H,6-7H2,1-2H3,(H,16,17). The molecule has 0 aromatic heterocycles. The van der Waals surface area contributed by atoms with Crippen molar-refractivity contribution in [3.05, 3.63) is 34.6 Å². The molecule has 94 valence electrons. The number of benzene rings is 1. The average molecular weight is 260 g/mol. The number of rotatable bonds is 5. The van der Waals surface area contributed by atoms with E-state index in [1.807, 2.05) is 13.8 Å². The second kappa shape index (κ2) is 5.47. The van der Waals surface area contributed by atoms with Crippen LogP contribution in [0.5, 0.6) is 0 Å². The lowest BCUT2D eigenvalue weighted by molar-refractivity contribution is -0.136. The number of hydrogen-bond donors (Lipinski definition) is 2. The summed E-state index contributed by atoms with van der Waals surface area (Å²) < 4.78 is 13.0. The van der Waals surface area contributed by atoms with Gasteiger partial charge in [-0.05, 0) is 17.7 Å². The lowest BCUT2D eigenvalue weighted by Crippen LogP contribution is -2.35. The van der Waals surface area contributed by atoms with Crippen molar-refractivity contribution >= 4 is 17.6 Å². The molecule has 5 heteroatoms. The summed E-state index contributed by atoms with van der Waals surface area (Å²) >= 11 is 5.71. The Hall–Kier alpha value is -1.13. The molecule has 3 nitrogen and oxygen atoms in total. The molecule has 1 rings (SSSR count). The first-order valence-corrected chi connectivity index (χ1v) is 5.59. The summed E-state index contributed by atoms with van der Waals surface area (Å²) in [6.45, 7) is 4.25. The zero-order valence-corrected chi connectivity index (χ0v) is 10.5. The third kappa shape index (κ3) is 3.98. The summed E-state index contributed by atoms with van der Waals surface area (Å²) in [5, 5.41) is 11.4. The molecular weight excluding hydrogens is 245 g/mol. The molecule has 0 saturated heterocycles. The summed E-state index contributed by atoms with van der Waals surface area (Å²) in [5.41, 5.74) is 0.550. The van der Waals surface area contributed by atoms with Gasteiger partial charge in [0, 0.05) is 12.0 Å². The van der Waals surface area contributed by atoms with Gasteiger partial charge in [0.25, 0.3) is 0 Å². The summed E-state index contributed by atoms with van der Waals surface area (Å²) in [6.07, 6.45) is 0. The van der Waals surface area contributed by atoms with Crippen LogP contribution >= 0.6 is 11.6 Å². The van der Waals surface area contributed by atoms with Crippen molar-refractivity contribution in [2.24, 2.45) is 0 Å². The molecule has 1 aromatic rings. The molecular formula is C12H15ClFNO2. The van der Waals surface area contributed by atoms with Gasteiger partial charge in [0.15, 0.2) is 0 Å².